The number of thiazole rings is 1. The summed E-state index contributed by atoms with van der Waals surface area (Å²) in [5.41, 5.74) is 0.954. The van der Waals surface area contributed by atoms with Crippen LogP contribution in [-0.2, 0) is 9.84 Å². The minimum atomic E-state index is -2.87. The van der Waals surface area contributed by atoms with Crippen LogP contribution in [0.15, 0.2) is 5.38 Å². The molecule has 0 bridgehead atoms. The standard InChI is InChI=1S/C8H14N2O2S2/c1-3-14(11,12)5-4-9-8-10-7(2)6-13-8/h6H,3-5H2,1-2H3,(H,9,10). The van der Waals surface area contributed by atoms with Crippen LogP contribution in [0.2, 0.25) is 0 Å². The molecule has 0 amide bonds. The van der Waals surface area contributed by atoms with Gasteiger partial charge in [-0.1, -0.05) is 6.92 Å². The molecule has 0 aliphatic carbocycles. The van der Waals surface area contributed by atoms with Crippen molar-refractivity contribution in [3.05, 3.63) is 11.1 Å². The molecule has 80 valence electrons. The van der Waals surface area contributed by atoms with Gasteiger partial charge < -0.3 is 5.32 Å². The topological polar surface area (TPSA) is 59.1 Å². The van der Waals surface area contributed by atoms with Gasteiger partial charge >= 0.3 is 0 Å². The number of anilines is 1. The van der Waals surface area contributed by atoms with Gasteiger partial charge in [-0.2, -0.15) is 0 Å². The molecule has 6 heteroatoms. The number of nitrogens with zero attached hydrogens (tertiary/aromatic N) is 1. The highest BCUT2D eigenvalue weighted by atomic mass is 32.2. The second-order valence-electron chi connectivity index (χ2n) is 2.96. The van der Waals surface area contributed by atoms with Crippen molar-refractivity contribution in [2.24, 2.45) is 0 Å². The van der Waals surface area contributed by atoms with Gasteiger partial charge in [0.2, 0.25) is 0 Å². The number of rotatable bonds is 5. The molecule has 4 nitrogen and oxygen atoms in total. The molecule has 0 unspecified atom stereocenters. The molecule has 1 rings (SSSR count). The van der Waals surface area contributed by atoms with Crippen molar-refractivity contribution in [2.45, 2.75) is 13.8 Å². The summed E-state index contributed by atoms with van der Waals surface area (Å²) in [5.74, 6) is 0.369. The molecule has 1 N–H and O–H groups in total. The molecule has 0 aromatic carbocycles. The minimum Gasteiger partial charge on any atom is -0.360 e. The monoisotopic (exact) mass is 234 g/mol. The first-order valence-corrected chi connectivity index (χ1v) is 7.10. The highest BCUT2D eigenvalue weighted by molar-refractivity contribution is 7.91. The summed E-state index contributed by atoms with van der Waals surface area (Å²) in [5, 5.41) is 5.70. The minimum absolute atomic E-state index is 0.169. The van der Waals surface area contributed by atoms with Crippen LogP contribution in [0.3, 0.4) is 0 Å². The molecule has 0 atom stereocenters. The van der Waals surface area contributed by atoms with E-state index in [2.05, 4.69) is 10.3 Å². The van der Waals surface area contributed by atoms with E-state index < -0.39 is 9.84 Å². The zero-order valence-corrected chi connectivity index (χ0v) is 9.91. The Kier molecular flexibility index (Phi) is 3.88. The molecule has 1 aromatic heterocycles. The maximum atomic E-state index is 11.1. The van der Waals surface area contributed by atoms with Gasteiger partial charge in [0, 0.05) is 17.7 Å². The molecule has 0 fully saturated rings. The van der Waals surface area contributed by atoms with Crippen LogP contribution in [0.1, 0.15) is 12.6 Å². The van der Waals surface area contributed by atoms with Crippen molar-refractivity contribution in [2.75, 3.05) is 23.4 Å². The molecule has 14 heavy (non-hydrogen) atoms. The summed E-state index contributed by atoms with van der Waals surface area (Å²) in [4.78, 5) is 4.17. The third-order valence-corrected chi connectivity index (χ3v) is 4.37. The van der Waals surface area contributed by atoms with Gasteiger partial charge in [-0.3, -0.25) is 0 Å². The van der Waals surface area contributed by atoms with Crippen LogP contribution in [0.25, 0.3) is 0 Å². The molecule has 1 aromatic rings. The van der Waals surface area contributed by atoms with E-state index in [9.17, 15) is 8.42 Å². The second-order valence-corrected chi connectivity index (χ2v) is 6.29. The number of hydrogen-bond donors (Lipinski definition) is 1. The van der Waals surface area contributed by atoms with Gasteiger partial charge in [0.15, 0.2) is 15.0 Å². The average molecular weight is 234 g/mol. The fourth-order valence-electron chi connectivity index (χ4n) is 0.893. The highest BCUT2D eigenvalue weighted by Gasteiger charge is 2.06. The lowest BCUT2D eigenvalue weighted by atomic mass is 10.6. The van der Waals surface area contributed by atoms with Crippen molar-refractivity contribution in [3.8, 4) is 0 Å². The van der Waals surface area contributed by atoms with Gasteiger partial charge in [0.1, 0.15) is 0 Å². The first-order chi connectivity index (χ1) is 6.53. The van der Waals surface area contributed by atoms with Crippen LogP contribution in [0.5, 0.6) is 0 Å². The Morgan fingerprint density at radius 1 is 1.57 bits per heavy atom. The van der Waals surface area contributed by atoms with E-state index in [-0.39, 0.29) is 11.5 Å². The van der Waals surface area contributed by atoms with Gasteiger partial charge in [-0.25, -0.2) is 13.4 Å². The van der Waals surface area contributed by atoms with Crippen LogP contribution < -0.4 is 5.32 Å². The Bertz CT molecular complexity index is 384. The van der Waals surface area contributed by atoms with Crippen molar-refractivity contribution in [1.29, 1.82) is 0 Å². The van der Waals surface area contributed by atoms with E-state index >= 15 is 0 Å². The lowest BCUT2D eigenvalue weighted by molar-refractivity contribution is 0.597. The first kappa shape index (κ1) is 11.5. The van der Waals surface area contributed by atoms with E-state index in [0.29, 0.717) is 6.54 Å². The summed E-state index contributed by atoms with van der Waals surface area (Å²) in [7, 11) is -2.87. The second kappa shape index (κ2) is 4.75. The Morgan fingerprint density at radius 2 is 2.29 bits per heavy atom. The Balaban J connectivity index is 2.36. The van der Waals surface area contributed by atoms with Crippen LogP contribution in [0.4, 0.5) is 5.13 Å². The lowest BCUT2D eigenvalue weighted by Crippen LogP contribution is -2.17. The summed E-state index contributed by atoms with van der Waals surface area (Å²) in [6.45, 7) is 4.00. The Morgan fingerprint density at radius 3 is 2.79 bits per heavy atom. The summed E-state index contributed by atoms with van der Waals surface area (Å²) in [6, 6.07) is 0. The average Bonchev–Trinajstić information content (AvgIpc) is 2.51. The van der Waals surface area contributed by atoms with E-state index in [1.165, 1.54) is 11.3 Å². The third-order valence-electron chi connectivity index (χ3n) is 1.75. The molecule has 0 radical (unpaired) electrons. The zero-order valence-electron chi connectivity index (χ0n) is 8.28. The molecule has 0 spiro atoms. The normalized spacial score (nSPS) is 11.6. The largest absolute Gasteiger partial charge is 0.360 e. The molecular weight excluding hydrogens is 220 g/mol. The van der Waals surface area contributed by atoms with E-state index in [4.69, 9.17) is 0 Å². The van der Waals surface area contributed by atoms with Gasteiger partial charge in [0.05, 0.1) is 11.4 Å². The summed E-state index contributed by atoms with van der Waals surface area (Å²) < 4.78 is 22.3. The van der Waals surface area contributed by atoms with Crippen LogP contribution in [0, 0.1) is 6.92 Å². The summed E-state index contributed by atoms with van der Waals surface area (Å²) in [6.07, 6.45) is 0. The molecule has 0 saturated heterocycles. The molecule has 0 aliphatic heterocycles. The van der Waals surface area contributed by atoms with Crippen molar-refractivity contribution < 1.29 is 8.42 Å². The number of hydrogen-bond acceptors (Lipinski definition) is 5. The fraction of sp³-hybridized carbons (Fsp3) is 0.625. The smallest absolute Gasteiger partial charge is 0.182 e. The van der Waals surface area contributed by atoms with Gasteiger partial charge in [-0.15, -0.1) is 11.3 Å². The Hall–Kier alpha value is -0.620. The van der Waals surface area contributed by atoms with E-state index in [1.54, 1.807) is 6.92 Å². The number of aryl methyl sites for hydroxylation is 1. The maximum absolute atomic E-state index is 11.1. The first-order valence-electron chi connectivity index (χ1n) is 4.40. The van der Waals surface area contributed by atoms with Gasteiger partial charge in [-0.05, 0) is 6.92 Å². The van der Waals surface area contributed by atoms with E-state index in [0.717, 1.165) is 10.8 Å². The predicted octanol–water partition coefficient (Wildman–Crippen LogP) is 1.30. The molecular formula is C8H14N2O2S2. The predicted molar refractivity (Wildman–Crippen MR) is 59.7 cm³/mol. The quantitative estimate of drug-likeness (QED) is 0.834. The Labute approximate surface area is 88.3 Å². The highest BCUT2D eigenvalue weighted by Crippen LogP contribution is 2.13. The van der Waals surface area contributed by atoms with Crippen LogP contribution >= 0.6 is 11.3 Å². The van der Waals surface area contributed by atoms with Crippen molar-refractivity contribution in [3.63, 3.8) is 0 Å². The summed E-state index contributed by atoms with van der Waals surface area (Å²) >= 11 is 1.49. The number of nitrogens with one attached hydrogen (secondary N) is 1. The zero-order chi connectivity index (χ0) is 10.6. The van der Waals surface area contributed by atoms with Crippen molar-refractivity contribution >= 4 is 26.3 Å². The molecule has 0 aliphatic rings. The molecule has 0 saturated carbocycles. The number of sulfone groups is 1. The van der Waals surface area contributed by atoms with E-state index in [1.807, 2.05) is 12.3 Å². The number of aromatic nitrogens is 1. The maximum Gasteiger partial charge on any atom is 0.182 e. The SMILES string of the molecule is CCS(=O)(=O)CCNc1nc(C)cs1. The molecule has 1 heterocycles. The fourth-order valence-corrected chi connectivity index (χ4v) is 2.31. The van der Waals surface area contributed by atoms with Crippen molar-refractivity contribution in [1.82, 2.24) is 4.98 Å². The lowest BCUT2D eigenvalue weighted by Gasteiger charge is -2.01. The van der Waals surface area contributed by atoms with Gasteiger partial charge in [0.25, 0.3) is 0 Å². The third kappa shape index (κ3) is 3.63. The van der Waals surface area contributed by atoms with Crippen LogP contribution in [-0.4, -0.2) is 31.5 Å².